The normalized spacial score (nSPS) is 23.9. The lowest BCUT2D eigenvalue weighted by atomic mass is 10.1. The van der Waals surface area contributed by atoms with Crippen LogP contribution in [0.1, 0.15) is 19.8 Å². The Morgan fingerprint density at radius 1 is 1.71 bits per heavy atom. The van der Waals surface area contributed by atoms with Crippen LogP contribution in [0.25, 0.3) is 0 Å². The van der Waals surface area contributed by atoms with Crippen LogP contribution >= 0.6 is 11.8 Å². The van der Waals surface area contributed by atoms with Crippen LogP contribution in [0.3, 0.4) is 0 Å². The number of nitrogens with zero attached hydrogens (tertiary/aromatic N) is 1. The minimum absolute atomic E-state index is 0.104. The molecule has 1 saturated heterocycles. The summed E-state index contributed by atoms with van der Waals surface area (Å²) in [6.45, 7) is 3.81. The van der Waals surface area contributed by atoms with Crippen LogP contribution in [0.5, 0.6) is 0 Å². The van der Waals surface area contributed by atoms with E-state index in [0.717, 1.165) is 25.9 Å². The number of thioether (sulfide) groups is 1. The number of amides is 1. The fourth-order valence-corrected chi connectivity index (χ4v) is 2.51. The lowest BCUT2D eigenvalue weighted by Crippen LogP contribution is -2.36. The number of aliphatic hydroxyl groups excluding tert-OH is 1. The largest absolute Gasteiger partial charge is 0.396 e. The molecule has 0 bridgehead atoms. The fraction of sp³-hybridized carbons (Fsp3) is 0.900. The van der Waals surface area contributed by atoms with Crippen molar-refractivity contribution in [2.45, 2.75) is 25.0 Å². The Morgan fingerprint density at radius 3 is 2.86 bits per heavy atom. The Morgan fingerprint density at radius 2 is 2.43 bits per heavy atom. The second-order valence-electron chi connectivity index (χ2n) is 3.75. The summed E-state index contributed by atoms with van der Waals surface area (Å²) >= 11 is 1.62. The fourth-order valence-electron chi connectivity index (χ4n) is 1.83. The Kier molecular flexibility index (Phi) is 4.75. The molecule has 0 radical (unpaired) electrons. The summed E-state index contributed by atoms with van der Waals surface area (Å²) in [5, 5.41) is 9.08. The SMILES string of the molecule is CC[C@@H](SC)C(=O)N1CC[C@@H](CO)C1. The van der Waals surface area contributed by atoms with Crippen LogP contribution in [-0.4, -0.2) is 47.1 Å². The van der Waals surface area contributed by atoms with E-state index >= 15 is 0 Å². The molecule has 1 fully saturated rings. The first-order chi connectivity index (χ1) is 6.72. The number of aliphatic hydroxyl groups is 1. The Hall–Kier alpha value is -0.220. The van der Waals surface area contributed by atoms with Crippen molar-refractivity contribution in [3.63, 3.8) is 0 Å². The average Bonchev–Trinajstić information content (AvgIpc) is 2.67. The van der Waals surface area contributed by atoms with Crippen molar-refractivity contribution in [2.24, 2.45) is 5.92 Å². The Balaban J connectivity index is 2.45. The van der Waals surface area contributed by atoms with Gasteiger partial charge in [-0.3, -0.25) is 4.79 Å². The molecule has 1 N–H and O–H groups in total. The molecule has 1 rings (SSSR count). The number of likely N-dealkylation sites (tertiary alicyclic amines) is 1. The molecule has 14 heavy (non-hydrogen) atoms. The molecule has 82 valence electrons. The van der Waals surface area contributed by atoms with E-state index in [1.165, 1.54) is 0 Å². The van der Waals surface area contributed by atoms with E-state index < -0.39 is 0 Å². The zero-order chi connectivity index (χ0) is 10.6. The average molecular weight is 217 g/mol. The molecule has 4 heteroatoms. The van der Waals surface area contributed by atoms with Gasteiger partial charge in [0.25, 0.3) is 0 Å². The van der Waals surface area contributed by atoms with Crippen molar-refractivity contribution in [2.75, 3.05) is 26.0 Å². The quantitative estimate of drug-likeness (QED) is 0.763. The lowest BCUT2D eigenvalue weighted by Gasteiger charge is -2.21. The second-order valence-corrected chi connectivity index (χ2v) is 4.79. The van der Waals surface area contributed by atoms with E-state index in [1.54, 1.807) is 11.8 Å². The van der Waals surface area contributed by atoms with Gasteiger partial charge in [0.15, 0.2) is 0 Å². The molecule has 2 atom stereocenters. The summed E-state index contributed by atoms with van der Waals surface area (Å²) in [7, 11) is 0. The van der Waals surface area contributed by atoms with Crippen molar-refractivity contribution in [3.8, 4) is 0 Å². The van der Waals surface area contributed by atoms with E-state index in [-0.39, 0.29) is 17.8 Å². The molecule has 1 aliphatic heterocycles. The number of carbonyl (C=O) groups is 1. The van der Waals surface area contributed by atoms with Crippen molar-refractivity contribution in [3.05, 3.63) is 0 Å². The maximum Gasteiger partial charge on any atom is 0.235 e. The molecule has 0 aromatic rings. The molecule has 3 nitrogen and oxygen atoms in total. The number of rotatable bonds is 4. The minimum atomic E-state index is 0.104. The van der Waals surface area contributed by atoms with Gasteiger partial charge in [0.2, 0.25) is 5.91 Å². The molecular weight excluding hydrogens is 198 g/mol. The van der Waals surface area contributed by atoms with Gasteiger partial charge < -0.3 is 10.0 Å². The number of hydrogen-bond donors (Lipinski definition) is 1. The maximum atomic E-state index is 11.9. The highest BCUT2D eigenvalue weighted by molar-refractivity contribution is 7.99. The van der Waals surface area contributed by atoms with Gasteiger partial charge in [0.1, 0.15) is 0 Å². The molecule has 1 amide bonds. The van der Waals surface area contributed by atoms with Crippen LogP contribution in [0.4, 0.5) is 0 Å². The predicted molar refractivity (Wildman–Crippen MR) is 59.4 cm³/mol. The third-order valence-corrected chi connectivity index (χ3v) is 3.89. The molecular formula is C10H19NO2S. The molecule has 1 aliphatic rings. The van der Waals surface area contributed by atoms with E-state index in [0.29, 0.717) is 5.92 Å². The summed E-state index contributed by atoms with van der Waals surface area (Å²) in [4.78, 5) is 13.8. The van der Waals surface area contributed by atoms with Crippen molar-refractivity contribution >= 4 is 17.7 Å². The Bertz CT molecular complexity index is 195. The Labute approximate surface area is 89.9 Å². The first kappa shape index (κ1) is 11.9. The standard InChI is InChI=1S/C10H19NO2S/c1-3-9(14-2)10(13)11-5-4-8(6-11)7-12/h8-9,12H,3-7H2,1-2H3/t8-,9-/m1/s1. The molecule has 0 aromatic heterocycles. The second kappa shape index (κ2) is 5.61. The summed E-state index contributed by atoms with van der Waals surface area (Å²) in [5.41, 5.74) is 0. The molecule has 0 aromatic carbocycles. The van der Waals surface area contributed by atoms with Gasteiger partial charge in [-0.05, 0) is 19.1 Å². The smallest absolute Gasteiger partial charge is 0.235 e. The summed E-state index contributed by atoms with van der Waals surface area (Å²) < 4.78 is 0. The van der Waals surface area contributed by atoms with Crippen LogP contribution in [-0.2, 0) is 4.79 Å². The highest BCUT2D eigenvalue weighted by Gasteiger charge is 2.29. The monoisotopic (exact) mass is 217 g/mol. The third kappa shape index (κ3) is 2.64. The third-order valence-electron chi connectivity index (χ3n) is 2.79. The van der Waals surface area contributed by atoms with Crippen molar-refractivity contribution in [1.29, 1.82) is 0 Å². The molecule has 0 spiro atoms. The number of hydrogen-bond acceptors (Lipinski definition) is 3. The van der Waals surface area contributed by atoms with Crippen molar-refractivity contribution in [1.82, 2.24) is 4.90 Å². The van der Waals surface area contributed by atoms with Crippen molar-refractivity contribution < 1.29 is 9.90 Å². The van der Waals surface area contributed by atoms with E-state index in [2.05, 4.69) is 0 Å². The minimum Gasteiger partial charge on any atom is -0.396 e. The molecule has 0 aliphatic carbocycles. The van der Waals surface area contributed by atoms with Crippen LogP contribution in [0, 0.1) is 5.92 Å². The zero-order valence-corrected chi connectivity index (χ0v) is 9.72. The van der Waals surface area contributed by atoms with Gasteiger partial charge >= 0.3 is 0 Å². The summed E-state index contributed by atoms with van der Waals surface area (Å²) in [6.07, 6.45) is 3.82. The van der Waals surface area contributed by atoms with Gasteiger partial charge in [0, 0.05) is 25.6 Å². The molecule has 0 unspecified atom stereocenters. The van der Waals surface area contributed by atoms with Gasteiger partial charge in [0.05, 0.1) is 5.25 Å². The molecule has 0 saturated carbocycles. The first-order valence-electron chi connectivity index (χ1n) is 5.15. The van der Waals surface area contributed by atoms with Gasteiger partial charge in [-0.2, -0.15) is 11.8 Å². The lowest BCUT2D eigenvalue weighted by molar-refractivity contribution is -0.129. The summed E-state index contributed by atoms with van der Waals surface area (Å²) in [6, 6.07) is 0. The van der Waals surface area contributed by atoms with E-state index in [1.807, 2.05) is 18.1 Å². The van der Waals surface area contributed by atoms with Crippen LogP contribution in [0.15, 0.2) is 0 Å². The highest BCUT2D eigenvalue weighted by Crippen LogP contribution is 2.20. The summed E-state index contributed by atoms with van der Waals surface area (Å²) in [5.74, 6) is 0.550. The highest BCUT2D eigenvalue weighted by atomic mass is 32.2. The first-order valence-corrected chi connectivity index (χ1v) is 6.44. The van der Waals surface area contributed by atoms with Gasteiger partial charge in [-0.1, -0.05) is 6.92 Å². The van der Waals surface area contributed by atoms with Crippen LogP contribution < -0.4 is 0 Å². The maximum absolute atomic E-state index is 11.9. The number of carbonyl (C=O) groups excluding carboxylic acids is 1. The molecule has 1 heterocycles. The topological polar surface area (TPSA) is 40.5 Å². The predicted octanol–water partition coefficient (Wildman–Crippen LogP) is 0.969. The van der Waals surface area contributed by atoms with E-state index in [4.69, 9.17) is 5.11 Å². The van der Waals surface area contributed by atoms with Gasteiger partial charge in [-0.15, -0.1) is 0 Å². The zero-order valence-electron chi connectivity index (χ0n) is 8.90. The van der Waals surface area contributed by atoms with Crippen LogP contribution in [0.2, 0.25) is 0 Å². The van der Waals surface area contributed by atoms with Gasteiger partial charge in [-0.25, -0.2) is 0 Å². The van der Waals surface area contributed by atoms with E-state index in [9.17, 15) is 4.79 Å².